The normalized spacial score (nSPS) is 11.5. The third-order valence-corrected chi connectivity index (χ3v) is 3.36. The molecule has 0 radical (unpaired) electrons. The van der Waals surface area contributed by atoms with Gasteiger partial charge in [0, 0.05) is 6.20 Å². The lowest BCUT2D eigenvalue weighted by Gasteiger charge is -2.05. The summed E-state index contributed by atoms with van der Waals surface area (Å²) in [5.74, 6) is 0.997. The summed E-state index contributed by atoms with van der Waals surface area (Å²) >= 11 is 0. The van der Waals surface area contributed by atoms with Crippen LogP contribution in [0.3, 0.4) is 0 Å². The lowest BCUT2D eigenvalue weighted by molar-refractivity contribution is 0.477. The van der Waals surface area contributed by atoms with Gasteiger partial charge in [-0.15, -0.1) is 0 Å². The summed E-state index contributed by atoms with van der Waals surface area (Å²) in [6.45, 7) is 4.01. The molecular weight excluding hydrogens is 248 g/mol. The molecule has 0 atom stereocenters. The SMILES string of the molecule is C/C=C/n1c(-c2ccccc2O)nc2c(C)cccc21. The van der Waals surface area contributed by atoms with Gasteiger partial charge in [-0.3, -0.25) is 4.57 Å². The molecule has 0 aliphatic heterocycles. The van der Waals surface area contributed by atoms with E-state index in [-0.39, 0.29) is 5.75 Å². The number of allylic oxidation sites excluding steroid dienone is 1. The molecule has 3 aromatic rings. The monoisotopic (exact) mass is 264 g/mol. The van der Waals surface area contributed by atoms with Crippen molar-refractivity contribution in [1.82, 2.24) is 9.55 Å². The molecule has 3 nitrogen and oxygen atoms in total. The number of rotatable bonds is 2. The van der Waals surface area contributed by atoms with E-state index in [1.165, 1.54) is 0 Å². The van der Waals surface area contributed by atoms with Crippen molar-refractivity contribution in [2.45, 2.75) is 13.8 Å². The summed E-state index contributed by atoms with van der Waals surface area (Å²) in [6.07, 6.45) is 3.93. The first-order valence-electron chi connectivity index (χ1n) is 6.61. The summed E-state index contributed by atoms with van der Waals surface area (Å²) in [6, 6.07) is 13.4. The fourth-order valence-corrected chi connectivity index (χ4v) is 2.41. The maximum atomic E-state index is 10.1. The predicted molar refractivity (Wildman–Crippen MR) is 82.6 cm³/mol. The predicted octanol–water partition coefficient (Wildman–Crippen LogP) is 4.21. The van der Waals surface area contributed by atoms with Gasteiger partial charge in [-0.25, -0.2) is 4.98 Å². The Labute approximate surface area is 117 Å². The van der Waals surface area contributed by atoms with E-state index in [9.17, 15) is 5.11 Å². The molecule has 0 spiro atoms. The smallest absolute Gasteiger partial charge is 0.148 e. The number of para-hydroxylation sites is 2. The van der Waals surface area contributed by atoms with E-state index in [1.807, 2.05) is 67.1 Å². The Kier molecular flexibility index (Phi) is 3.03. The quantitative estimate of drug-likeness (QED) is 0.753. The highest BCUT2D eigenvalue weighted by atomic mass is 16.3. The number of phenolic OH excluding ortho intramolecular Hbond substituents is 1. The van der Waals surface area contributed by atoms with Crippen molar-refractivity contribution in [3.8, 4) is 17.1 Å². The number of imidazole rings is 1. The number of hydrogen-bond acceptors (Lipinski definition) is 2. The zero-order chi connectivity index (χ0) is 14.1. The molecule has 0 aliphatic carbocycles. The first-order valence-corrected chi connectivity index (χ1v) is 6.61. The van der Waals surface area contributed by atoms with Crippen LogP contribution < -0.4 is 0 Å². The molecule has 3 rings (SSSR count). The molecule has 0 bridgehead atoms. The first kappa shape index (κ1) is 12.5. The molecule has 1 heterocycles. The topological polar surface area (TPSA) is 38.0 Å². The van der Waals surface area contributed by atoms with Gasteiger partial charge in [0.1, 0.15) is 11.6 Å². The first-order chi connectivity index (χ1) is 9.72. The fourth-order valence-electron chi connectivity index (χ4n) is 2.41. The summed E-state index contributed by atoms with van der Waals surface area (Å²) in [7, 11) is 0. The third-order valence-electron chi connectivity index (χ3n) is 3.36. The summed E-state index contributed by atoms with van der Waals surface area (Å²) in [4.78, 5) is 4.71. The molecule has 0 amide bonds. The van der Waals surface area contributed by atoms with Crippen LogP contribution in [0.5, 0.6) is 5.75 Å². The van der Waals surface area contributed by atoms with Crippen LogP contribution in [0.15, 0.2) is 48.5 Å². The van der Waals surface area contributed by atoms with Gasteiger partial charge < -0.3 is 5.11 Å². The molecule has 0 saturated heterocycles. The van der Waals surface area contributed by atoms with Gasteiger partial charge >= 0.3 is 0 Å². The Morgan fingerprint density at radius 3 is 2.65 bits per heavy atom. The Morgan fingerprint density at radius 1 is 1.10 bits per heavy atom. The highest BCUT2D eigenvalue weighted by molar-refractivity contribution is 5.86. The number of aromatic nitrogens is 2. The van der Waals surface area contributed by atoms with Crippen molar-refractivity contribution in [1.29, 1.82) is 0 Å². The number of aryl methyl sites for hydroxylation is 1. The van der Waals surface area contributed by atoms with E-state index in [4.69, 9.17) is 4.98 Å². The Morgan fingerprint density at radius 2 is 1.90 bits per heavy atom. The van der Waals surface area contributed by atoms with E-state index >= 15 is 0 Å². The van der Waals surface area contributed by atoms with E-state index in [1.54, 1.807) is 6.07 Å². The van der Waals surface area contributed by atoms with Gasteiger partial charge in [0.2, 0.25) is 0 Å². The van der Waals surface area contributed by atoms with Crippen molar-refractivity contribution in [3.63, 3.8) is 0 Å². The average molecular weight is 264 g/mol. The summed E-state index contributed by atoms with van der Waals surface area (Å²) < 4.78 is 2.01. The number of fused-ring (bicyclic) bond motifs is 1. The summed E-state index contributed by atoms with van der Waals surface area (Å²) in [5.41, 5.74) is 3.87. The lowest BCUT2D eigenvalue weighted by Crippen LogP contribution is -1.91. The third kappa shape index (κ3) is 1.88. The van der Waals surface area contributed by atoms with Crippen LogP contribution in [0, 0.1) is 6.92 Å². The van der Waals surface area contributed by atoms with Crippen LogP contribution in [-0.4, -0.2) is 14.7 Å². The van der Waals surface area contributed by atoms with Crippen LogP contribution in [0.1, 0.15) is 12.5 Å². The Bertz CT molecular complexity index is 800. The molecule has 0 unspecified atom stereocenters. The zero-order valence-electron chi connectivity index (χ0n) is 11.5. The minimum Gasteiger partial charge on any atom is -0.507 e. The van der Waals surface area contributed by atoms with Crippen LogP contribution in [0.2, 0.25) is 0 Å². The van der Waals surface area contributed by atoms with Crippen molar-refractivity contribution in [2.24, 2.45) is 0 Å². The van der Waals surface area contributed by atoms with Crippen molar-refractivity contribution < 1.29 is 5.11 Å². The number of hydrogen-bond donors (Lipinski definition) is 1. The van der Waals surface area contributed by atoms with E-state index < -0.39 is 0 Å². The molecule has 0 saturated carbocycles. The zero-order valence-corrected chi connectivity index (χ0v) is 11.5. The van der Waals surface area contributed by atoms with Crippen molar-refractivity contribution >= 4 is 17.2 Å². The van der Waals surface area contributed by atoms with E-state index in [0.717, 1.165) is 28.0 Å². The molecule has 100 valence electrons. The fraction of sp³-hybridized carbons (Fsp3) is 0.118. The standard InChI is InChI=1S/C17H16N2O/c1-3-11-19-14-9-6-7-12(2)16(14)18-17(19)13-8-4-5-10-15(13)20/h3-11,20H,1-2H3/b11-3+. The van der Waals surface area contributed by atoms with Gasteiger partial charge in [-0.2, -0.15) is 0 Å². The maximum absolute atomic E-state index is 10.1. The Balaban J connectivity index is 2.38. The molecule has 3 heteroatoms. The molecule has 0 aliphatic rings. The van der Waals surface area contributed by atoms with Gasteiger partial charge in [-0.05, 0) is 37.6 Å². The average Bonchev–Trinajstić information content (AvgIpc) is 2.80. The second-order valence-electron chi connectivity index (χ2n) is 4.75. The maximum Gasteiger partial charge on any atom is 0.148 e. The minimum absolute atomic E-state index is 0.242. The number of nitrogens with zero attached hydrogens (tertiary/aromatic N) is 2. The van der Waals surface area contributed by atoms with Crippen LogP contribution in [-0.2, 0) is 0 Å². The number of aromatic hydroxyl groups is 1. The molecule has 0 fully saturated rings. The molecule has 20 heavy (non-hydrogen) atoms. The summed E-state index contributed by atoms with van der Waals surface area (Å²) in [5, 5.41) is 10.1. The molecule has 1 N–H and O–H groups in total. The van der Waals surface area contributed by atoms with Crippen molar-refractivity contribution in [3.05, 3.63) is 54.1 Å². The Hall–Kier alpha value is -2.55. The largest absolute Gasteiger partial charge is 0.507 e. The second kappa shape index (κ2) is 4.85. The highest BCUT2D eigenvalue weighted by Gasteiger charge is 2.14. The van der Waals surface area contributed by atoms with Gasteiger partial charge in [0.15, 0.2) is 0 Å². The molecule has 1 aromatic heterocycles. The molecular formula is C17H16N2O. The minimum atomic E-state index is 0.242. The van der Waals surface area contributed by atoms with Crippen LogP contribution >= 0.6 is 0 Å². The highest BCUT2D eigenvalue weighted by Crippen LogP contribution is 2.32. The van der Waals surface area contributed by atoms with E-state index in [2.05, 4.69) is 0 Å². The van der Waals surface area contributed by atoms with Crippen molar-refractivity contribution in [2.75, 3.05) is 0 Å². The molecule has 2 aromatic carbocycles. The van der Waals surface area contributed by atoms with Crippen LogP contribution in [0.25, 0.3) is 28.6 Å². The van der Waals surface area contributed by atoms with E-state index in [0.29, 0.717) is 0 Å². The lowest BCUT2D eigenvalue weighted by atomic mass is 10.2. The van der Waals surface area contributed by atoms with Gasteiger partial charge in [-0.1, -0.05) is 30.3 Å². The second-order valence-corrected chi connectivity index (χ2v) is 4.75. The number of benzene rings is 2. The van der Waals surface area contributed by atoms with Gasteiger partial charge in [0.25, 0.3) is 0 Å². The van der Waals surface area contributed by atoms with Crippen LogP contribution in [0.4, 0.5) is 0 Å². The van der Waals surface area contributed by atoms with Gasteiger partial charge in [0.05, 0.1) is 16.6 Å². The number of phenols is 1.